The lowest BCUT2D eigenvalue weighted by Crippen LogP contribution is -2.08. The third-order valence-corrected chi connectivity index (χ3v) is 5.42. The number of rotatable bonds is 3. The molecular formula is C26H18ClN3O. The van der Waals surface area contributed by atoms with Crippen molar-refractivity contribution >= 4 is 22.6 Å². The monoisotopic (exact) mass is 423 g/mol. The van der Waals surface area contributed by atoms with Gasteiger partial charge in [0.2, 0.25) is 0 Å². The summed E-state index contributed by atoms with van der Waals surface area (Å²) in [4.78, 5) is 25.7. The molecule has 0 radical (unpaired) electrons. The number of benzene rings is 2. The van der Waals surface area contributed by atoms with Crippen molar-refractivity contribution in [1.29, 1.82) is 0 Å². The maximum Gasteiger partial charge on any atom is 0.198 e. The van der Waals surface area contributed by atoms with Crippen LogP contribution in [0.4, 0.5) is 0 Å². The summed E-state index contributed by atoms with van der Waals surface area (Å²) in [5.41, 5.74) is 6.19. The zero-order chi connectivity index (χ0) is 21.4. The number of fused-ring (bicyclic) bond motifs is 1. The lowest BCUT2D eigenvalue weighted by atomic mass is 9.97. The SMILES string of the molecule is Cc1cc(-c2cc3c(=O)c(-c4ccccc4)c[nH]c3nc2-c2ccccc2)cc(Cl)n1. The summed E-state index contributed by atoms with van der Waals surface area (Å²) >= 11 is 6.25. The Hall–Kier alpha value is -3.76. The summed E-state index contributed by atoms with van der Waals surface area (Å²) in [6.45, 7) is 1.90. The van der Waals surface area contributed by atoms with E-state index in [9.17, 15) is 4.79 Å². The van der Waals surface area contributed by atoms with Crippen molar-refractivity contribution in [2.75, 3.05) is 0 Å². The van der Waals surface area contributed by atoms with Crippen molar-refractivity contribution < 1.29 is 0 Å². The van der Waals surface area contributed by atoms with E-state index >= 15 is 0 Å². The minimum atomic E-state index is -0.0646. The van der Waals surface area contributed by atoms with Gasteiger partial charge >= 0.3 is 0 Å². The van der Waals surface area contributed by atoms with Gasteiger partial charge < -0.3 is 4.98 Å². The Bertz CT molecular complexity index is 1440. The second-order valence-electron chi connectivity index (χ2n) is 7.36. The molecule has 0 atom stereocenters. The van der Waals surface area contributed by atoms with Crippen molar-refractivity contribution in [2.24, 2.45) is 0 Å². The molecule has 0 fully saturated rings. The van der Waals surface area contributed by atoms with Gasteiger partial charge in [-0.25, -0.2) is 9.97 Å². The highest BCUT2D eigenvalue weighted by Crippen LogP contribution is 2.34. The van der Waals surface area contributed by atoms with E-state index in [2.05, 4.69) is 9.97 Å². The highest BCUT2D eigenvalue weighted by atomic mass is 35.5. The Morgan fingerprint density at radius 1 is 0.774 bits per heavy atom. The number of aromatic amines is 1. The molecule has 2 aromatic carbocycles. The molecule has 4 nitrogen and oxygen atoms in total. The van der Waals surface area contributed by atoms with E-state index in [1.54, 1.807) is 12.3 Å². The summed E-state index contributed by atoms with van der Waals surface area (Å²) in [6.07, 6.45) is 1.73. The van der Waals surface area contributed by atoms with Crippen LogP contribution in [0.15, 0.2) is 89.9 Å². The second kappa shape index (κ2) is 7.82. The first-order valence-electron chi connectivity index (χ1n) is 9.92. The Morgan fingerprint density at radius 2 is 1.45 bits per heavy atom. The van der Waals surface area contributed by atoms with Crippen molar-refractivity contribution in [2.45, 2.75) is 6.92 Å². The maximum absolute atomic E-state index is 13.4. The molecule has 3 aromatic heterocycles. The maximum atomic E-state index is 13.4. The molecular weight excluding hydrogens is 406 g/mol. The molecule has 0 aliphatic carbocycles. The Labute approximate surface area is 184 Å². The van der Waals surface area contributed by atoms with E-state index in [0.29, 0.717) is 21.7 Å². The molecule has 31 heavy (non-hydrogen) atoms. The first-order chi connectivity index (χ1) is 15.1. The molecule has 0 unspecified atom stereocenters. The van der Waals surface area contributed by atoms with Crippen molar-refractivity contribution in [1.82, 2.24) is 15.0 Å². The van der Waals surface area contributed by atoms with Gasteiger partial charge in [-0.3, -0.25) is 4.79 Å². The van der Waals surface area contributed by atoms with Crippen LogP contribution < -0.4 is 5.43 Å². The zero-order valence-electron chi connectivity index (χ0n) is 16.8. The predicted octanol–water partition coefficient (Wildman–Crippen LogP) is 6.28. The minimum Gasteiger partial charge on any atom is -0.345 e. The highest BCUT2D eigenvalue weighted by molar-refractivity contribution is 6.29. The van der Waals surface area contributed by atoms with E-state index in [4.69, 9.17) is 16.6 Å². The molecule has 1 N–H and O–H groups in total. The van der Waals surface area contributed by atoms with E-state index in [-0.39, 0.29) is 5.43 Å². The minimum absolute atomic E-state index is 0.0646. The van der Waals surface area contributed by atoms with Crippen LogP contribution in [0.3, 0.4) is 0 Å². The number of hydrogen-bond donors (Lipinski definition) is 1. The first kappa shape index (κ1) is 19.2. The van der Waals surface area contributed by atoms with E-state index in [1.807, 2.05) is 79.7 Å². The van der Waals surface area contributed by atoms with Crippen molar-refractivity contribution in [3.8, 4) is 33.5 Å². The normalized spacial score (nSPS) is 11.0. The number of aryl methyl sites for hydroxylation is 1. The number of aromatic nitrogens is 3. The van der Waals surface area contributed by atoms with Crippen LogP contribution in [0.5, 0.6) is 0 Å². The van der Waals surface area contributed by atoms with Crippen molar-refractivity contribution in [3.05, 3.63) is 106 Å². The first-order valence-corrected chi connectivity index (χ1v) is 10.3. The lowest BCUT2D eigenvalue weighted by Gasteiger charge is -2.13. The molecule has 0 spiro atoms. The fraction of sp³-hybridized carbons (Fsp3) is 0.0385. The topological polar surface area (TPSA) is 58.6 Å². The Balaban J connectivity index is 1.83. The quantitative estimate of drug-likeness (QED) is 0.347. The van der Waals surface area contributed by atoms with Gasteiger partial charge in [-0.1, -0.05) is 72.3 Å². The molecule has 0 amide bonds. The third-order valence-electron chi connectivity index (χ3n) is 5.23. The molecule has 3 heterocycles. The summed E-state index contributed by atoms with van der Waals surface area (Å²) in [5.74, 6) is 0. The van der Waals surface area contributed by atoms with Crippen LogP contribution in [0.1, 0.15) is 5.69 Å². The number of pyridine rings is 3. The predicted molar refractivity (Wildman–Crippen MR) is 126 cm³/mol. The molecule has 0 saturated carbocycles. The molecule has 0 aliphatic heterocycles. The summed E-state index contributed by atoms with van der Waals surface area (Å²) in [7, 11) is 0. The van der Waals surface area contributed by atoms with Gasteiger partial charge in [-0.15, -0.1) is 0 Å². The molecule has 0 bridgehead atoms. The van der Waals surface area contributed by atoms with Crippen LogP contribution in [0.25, 0.3) is 44.5 Å². The molecule has 0 aliphatic rings. The molecule has 5 rings (SSSR count). The Kier molecular flexibility index (Phi) is 4.85. The smallest absolute Gasteiger partial charge is 0.198 e. The highest BCUT2D eigenvalue weighted by Gasteiger charge is 2.16. The average Bonchev–Trinajstić information content (AvgIpc) is 2.79. The lowest BCUT2D eigenvalue weighted by molar-refractivity contribution is 1.20. The van der Waals surface area contributed by atoms with Gasteiger partial charge in [-0.05, 0) is 36.2 Å². The van der Waals surface area contributed by atoms with Crippen LogP contribution in [-0.4, -0.2) is 15.0 Å². The van der Waals surface area contributed by atoms with Crippen LogP contribution >= 0.6 is 11.6 Å². The van der Waals surface area contributed by atoms with E-state index in [0.717, 1.165) is 33.6 Å². The number of halogens is 1. The fourth-order valence-electron chi connectivity index (χ4n) is 3.80. The standard InChI is InChI=1S/C26H18ClN3O/c1-16-12-19(13-23(27)29-16)20-14-21-25(31)22(17-8-4-2-5-9-17)15-28-26(21)30-24(20)18-10-6-3-7-11-18/h2-15H,1H3,(H,28,30,31). The van der Waals surface area contributed by atoms with Crippen LogP contribution in [0, 0.1) is 6.92 Å². The van der Waals surface area contributed by atoms with E-state index < -0.39 is 0 Å². The average molecular weight is 424 g/mol. The Morgan fingerprint density at radius 3 is 2.13 bits per heavy atom. The molecule has 5 aromatic rings. The van der Waals surface area contributed by atoms with Crippen LogP contribution in [0.2, 0.25) is 5.15 Å². The molecule has 5 heteroatoms. The van der Waals surface area contributed by atoms with Crippen molar-refractivity contribution in [3.63, 3.8) is 0 Å². The van der Waals surface area contributed by atoms with Gasteiger partial charge in [0.1, 0.15) is 10.8 Å². The van der Waals surface area contributed by atoms with Gasteiger partial charge in [0, 0.05) is 28.6 Å². The number of nitrogens with one attached hydrogen (secondary N) is 1. The number of H-pyrrole nitrogens is 1. The number of nitrogens with zero attached hydrogens (tertiary/aromatic N) is 2. The van der Waals surface area contributed by atoms with Gasteiger partial charge in [-0.2, -0.15) is 0 Å². The third kappa shape index (κ3) is 3.62. The van der Waals surface area contributed by atoms with E-state index in [1.165, 1.54) is 0 Å². The van der Waals surface area contributed by atoms with Gasteiger partial charge in [0.15, 0.2) is 5.43 Å². The fourth-order valence-corrected chi connectivity index (χ4v) is 4.05. The van der Waals surface area contributed by atoms with Gasteiger partial charge in [0.05, 0.1) is 11.1 Å². The molecule has 0 saturated heterocycles. The molecule has 150 valence electrons. The van der Waals surface area contributed by atoms with Gasteiger partial charge in [0.25, 0.3) is 0 Å². The second-order valence-corrected chi connectivity index (χ2v) is 7.75. The zero-order valence-corrected chi connectivity index (χ0v) is 17.5. The largest absolute Gasteiger partial charge is 0.345 e. The van der Waals surface area contributed by atoms with Crippen LogP contribution in [-0.2, 0) is 0 Å². The summed E-state index contributed by atoms with van der Waals surface area (Å²) in [5, 5.41) is 0.933. The summed E-state index contributed by atoms with van der Waals surface area (Å²) in [6, 6.07) is 25.2. The number of hydrogen-bond acceptors (Lipinski definition) is 3. The summed E-state index contributed by atoms with van der Waals surface area (Å²) < 4.78 is 0.